The molecule has 0 radical (unpaired) electrons. The van der Waals surface area contributed by atoms with E-state index < -0.39 is 0 Å². The van der Waals surface area contributed by atoms with E-state index in [-0.39, 0.29) is 0 Å². The molecule has 2 heterocycles. The molecule has 2 rings (SSSR count). The van der Waals surface area contributed by atoms with Crippen molar-refractivity contribution in [3.8, 4) is 0 Å². The number of hydrogen-bond donors (Lipinski definition) is 1. The summed E-state index contributed by atoms with van der Waals surface area (Å²) in [6.07, 6.45) is 1.75. The van der Waals surface area contributed by atoms with E-state index in [1.54, 1.807) is 6.20 Å². The smallest absolute Gasteiger partial charge is 0.194 e. The Kier molecular flexibility index (Phi) is 3.48. The second-order valence-corrected chi connectivity index (χ2v) is 4.24. The fourth-order valence-electron chi connectivity index (χ4n) is 1.20. The van der Waals surface area contributed by atoms with Crippen LogP contribution in [0.4, 0.5) is 0 Å². The largest absolute Gasteiger partial charge is 0.325 e. The van der Waals surface area contributed by atoms with Gasteiger partial charge in [-0.25, -0.2) is 15.0 Å². The Morgan fingerprint density at radius 3 is 2.88 bits per heavy atom. The number of hydrogen-bond acceptors (Lipinski definition) is 5. The maximum Gasteiger partial charge on any atom is 0.194 e. The number of pyridine rings is 1. The molecule has 0 saturated heterocycles. The summed E-state index contributed by atoms with van der Waals surface area (Å²) in [6, 6.07) is 7.64. The van der Waals surface area contributed by atoms with E-state index in [1.807, 2.05) is 31.2 Å². The zero-order valence-corrected chi connectivity index (χ0v) is 9.74. The van der Waals surface area contributed by atoms with Crippen LogP contribution in [0, 0.1) is 6.92 Å². The van der Waals surface area contributed by atoms with Gasteiger partial charge in [-0.05, 0) is 36.9 Å². The van der Waals surface area contributed by atoms with Crippen molar-refractivity contribution < 1.29 is 0 Å². The second-order valence-electron chi connectivity index (χ2n) is 3.25. The zero-order chi connectivity index (χ0) is 11.4. The van der Waals surface area contributed by atoms with Crippen molar-refractivity contribution >= 4 is 11.8 Å². The average molecular weight is 232 g/mol. The molecular formula is C11H12N4S. The van der Waals surface area contributed by atoms with Crippen LogP contribution in [0.2, 0.25) is 0 Å². The minimum atomic E-state index is 0.447. The molecule has 82 valence electrons. The van der Waals surface area contributed by atoms with Gasteiger partial charge in [-0.1, -0.05) is 6.07 Å². The maximum absolute atomic E-state index is 5.53. The molecule has 0 amide bonds. The first-order chi connectivity index (χ1) is 7.78. The monoisotopic (exact) mass is 232 g/mol. The molecule has 2 N–H and O–H groups in total. The predicted octanol–water partition coefficient (Wildman–Crippen LogP) is 1.79. The minimum absolute atomic E-state index is 0.447. The molecule has 0 saturated carbocycles. The Balaban J connectivity index is 2.20. The van der Waals surface area contributed by atoms with E-state index >= 15 is 0 Å². The first-order valence-corrected chi connectivity index (χ1v) is 5.73. The average Bonchev–Trinajstić information content (AvgIpc) is 2.29. The Morgan fingerprint density at radius 2 is 2.12 bits per heavy atom. The molecule has 0 bridgehead atoms. The fraction of sp³-hybridized carbons (Fsp3) is 0.182. The third kappa shape index (κ3) is 2.77. The van der Waals surface area contributed by atoms with Crippen molar-refractivity contribution in [3.63, 3.8) is 0 Å². The van der Waals surface area contributed by atoms with E-state index in [0.29, 0.717) is 11.7 Å². The molecule has 0 aliphatic carbocycles. The van der Waals surface area contributed by atoms with Gasteiger partial charge in [0.05, 0.1) is 5.69 Å². The van der Waals surface area contributed by atoms with Gasteiger partial charge in [0.25, 0.3) is 0 Å². The molecule has 4 nitrogen and oxygen atoms in total. The highest BCUT2D eigenvalue weighted by molar-refractivity contribution is 7.99. The molecule has 0 unspecified atom stereocenters. The summed E-state index contributed by atoms with van der Waals surface area (Å²) in [5.74, 6) is 0. The first kappa shape index (κ1) is 11.0. The molecule has 0 aliphatic heterocycles. The summed E-state index contributed by atoms with van der Waals surface area (Å²) < 4.78 is 0. The first-order valence-electron chi connectivity index (χ1n) is 4.91. The molecule has 2 aromatic heterocycles. The van der Waals surface area contributed by atoms with E-state index in [0.717, 1.165) is 16.4 Å². The lowest BCUT2D eigenvalue weighted by Crippen LogP contribution is -1.99. The summed E-state index contributed by atoms with van der Waals surface area (Å²) in [5.41, 5.74) is 7.36. The number of rotatable bonds is 3. The quantitative estimate of drug-likeness (QED) is 0.817. The van der Waals surface area contributed by atoms with Crippen LogP contribution in [0.25, 0.3) is 0 Å². The van der Waals surface area contributed by atoms with Crippen molar-refractivity contribution in [2.24, 2.45) is 5.73 Å². The summed E-state index contributed by atoms with van der Waals surface area (Å²) >= 11 is 1.44. The molecule has 0 atom stereocenters. The summed E-state index contributed by atoms with van der Waals surface area (Å²) in [5, 5.41) is 1.58. The SMILES string of the molecule is Cc1ccnc(Sc2cccc(CN)n2)n1. The summed E-state index contributed by atoms with van der Waals surface area (Å²) in [6.45, 7) is 2.39. The van der Waals surface area contributed by atoms with Crippen LogP contribution >= 0.6 is 11.8 Å². The molecule has 0 fully saturated rings. The standard InChI is InChI=1S/C11H12N4S/c1-8-5-6-13-11(14-8)16-10-4-2-3-9(7-12)15-10/h2-6H,7,12H2,1H3. The van der Waals surface area contributed by atoms with Gasteiger partial charge in [0.1, 0.15) is 5.03 Å². The molecule has 2 aromatic rings. The van der Waals surface area contributed by atoms with Gasteiger partial charge in [-0.3, -0.25) is 0 Å². The van der Waals surface area contributed by atoms with Gasteiger partial charge < -0.3 is 5.73 Å². The second kappa shape index (κ2) is 5.05. The van der Waals surface area contributed by atoms with Crippen LogP contribution in [0.1, 0.15) is 11.4 Å². The van der Waals surface area contributed by atoms with Crippen molar-refractivity contribution in [1.29, 1.82) is 0 Å². The maximum atomic E-state index is 5.53. The van der Waals surface area contributed by atoms with E-state index in [9.17, 15) is 0 Å². The molecule has 0 aromatic carbocycles. The topological polar surface area (TPSA) is 64.7 Å². The van der Waals surface area contributed by atoms with Crippen molar-refractivity contribution in [2.75, 3.05) is 0 Å². The Morgan fingerprint density at radius 1 is 1.25 bits per heavy atom. The Labute approximate surface area is 98.3 Å². The highest BCUT2D eigenvalue weighted by Gasteiger charge is 2.02. The Hall–Kier alpha value is -1.46. The summed E-state index contributed by atoms with van der Waals surface area (Å²) in [7, 11) is 0. The van der Waals surface area contributed by atoms with Gasteiger partial charge in [0.2, 0.25) is 0 Å². The van der Waals surface area contributed by atoms with Crippen LogP contribution in [0.15, 0.2) is 40.6 Å². The molecular weight excluding hydrogens is 220 g/mol. The van der Waals surface area contributed by atoms with Gasteiger partial charge in [0.15, 0.2) is 5.16 Å². The van der Waals surface area contributed by atoms with Crippen LogP contribution in [-0.2, 0) is 6.54 Å². The van der Waals surface area contributed by atoms with Gasteiger partial charge in [-0.2, -0.15) is 0 Å². The molecule has 0 aliphatic rings. The van der Waals surface area contributed by atoms with Crippen LogP contribution < -0.4 is 5.73 Å². The lowest BCUT2D eigenvalue weighted by molar-refractivity contribution is 0.913. The van der Waals surface area contributed by atoms with Crippen LogP contribution in [0.3, 0.4) is 0 Å². The van der Waals surface area contributed by atoms with Crippen LogP contribution in [-0.4, -0.2) is 15.0 Å². The number of aryl methyl sites for hydroxylation is 1. The Bertz CT molecular complexity index is 487. The third-order valence-corrected chi connectivity index (χ3v) is 2.77. The number of aromatic nitrogens is 3. The lowest BCUT2D eigenvalue weighted by Gasteiger charge is -2.01. The van der Waals surface area contributed by atoms with Crippen LogP contribution in [0.5, 0.6) is 0 Å². The van der Waals surface area contributed by atoms with Gasteiger partial charge >= 0.3 is 0 Å². The lowest BCUT2D eigenvalue weighted by atomic mass is 10.4. The zero-order valence-electron chi connectivity index (χ0n) is 8.92. The van der Waals surface area contributed by atoms with Gasteiger partial charge in [-0.15, -0.1) is 0 Å². The van der Waals surface area contributed by atoms with Crippen molar-refractivity contribution in [1.82, 2.24) is 15.0 Å². The molecule has 0 spiro atoms. The molecule has 5 heteroatoms. The minimum Gasteiger partial charge on any atom is -0.325 e. The highest BCUT2D eigenvalue weighted by atomic mass is 32.2. The fourth-order valence-corrected chi connectivity index (χ4v) is 2.00. The summed E-state index contributed by atoms with van der Waals surface area (Å²) in [4.78, 5) is 12.8. The third-order valence-electron chi connectivity index (χ3n) is 1.96. The number of nitrogens with two attached hydrogens (primary N) is 1. The highest BCUT2D eigenvalue weighted by Crippen LogP contribution is 2.22. The molecule has 16 heavy (non-hydrogen) atoms. The van der Waals surface area contributed by atoms with Crippen molar-refractivity contribution in [3.05, 3.63) is 41.9 Å². The van der Waals surface area contributed by atoms with E-state index in [4.69, 9.17) is 5.73 Å². The normalized spacial score (nSPS) is 10.4. The number of nitrogens with zero attached hydrogens (tertiary/aromatic N) is 3. The predicted molar refractivity (Wildman–Crippen MR) is 63.0 cm³/mol. The van der Waals surface area contributed by atoms with E-state index in [1.165, 1.54) is 11.8 Å². The van der Waals surface area contributed by atoms with E-state index in [2.05, 4.69) is 15.0 Å². The van der Waals surface area contributed by atoms with Crippen molar-refractivity contribution in [2.45, 2.75) is 23.7 Å². The van der Waals surface area contributed by atoms with Gasteiger partial charge in [0, 0.05) is 18.4 Å².